The van der Waals surface area contributed by atoms with Crippen molar-refractivity contribution in [3.63, 3.8) is 0 Å². The van der Waals surface area contributed by atoms with E-state index in [1.165, 1.54) is 12.1 Å². The first-order valence-electron chi connectivity index (χ1n) is 8.78. The molecule has 1 aliphatic carbocycles. The maximum absolute atomic E-state index is 13.2. The summed E-state index contributed by atoms with van der Waals surface area (Å²) in [6, 6.07) is 15.1. The number of para-hydroxylation sites is 1. The summed E-state index contributed by atoms with van der Waals surface area (Å²) < 4.78 is 25.4. The van der Waals surface area contributed by atoms with Gasteiger partial charge in [-0.1, -0.05) is 66.8 Å². The normalized spacial score (nSPS) is 20.3. The van der Waals surface area contributed by atoms with Crippen LogP contribution in [0.1, 0.15) is 35.2 Å². The van der Waals surface area contributed by atoms with Crippen LogP contribution >= 0.6 is 0 Å². The third-order valence-electron chi connectivity index (χ3n) is 5.00. The molecule has 0 saturated heterocycles. The average Bonchev–Trinajstić information content (AvgIpc) is 2.67. The van der Waals surface area contributed by atoms with Crippen LogP contribution in [0.4, 0.5) is 0 Å². The Morgan fingerprint density at radius 1 is 1.07 bits per heavy atom. The summed E-state index contributed by atoms with van der Waals surface area (Å²) in [6.45, 7) is 1.68. The van der Waals surface area contributed by atoms with Gasteiger partial charge in [-0.3, -0.25) is 4.79 Å². The molecular weight excluding hydrogens is 360 g/mol. The number of allylic oxidation sites excluding steroid dienone is 3. The highest BCUT2D eigenvalue weighted by Crippen LogP contribution is 2.33. The molecular formula is C22H22O4S. The van der Waals surface area contributed by atoms with Gasteiger partial charge in [0.1, 0.15) is 5.75 Å². The van der Waals surface area contributed by atoms with Crippen LogP contribution in [0.2, 0.25) is 0 Å². The second-order valence-corrected chi connectivity index (χ2v) is 9.43. The minimum atomic E-state index is -3.64. The van der Waals surface area contributed by atoms with Gasteiger partial charge >= 0.3 is 0 Å². The molecule has 0 spiro atoms. The highest BCUT2D eigenvalue weighted by molar-refractivity contribution is 7.93. The molecule has 2 aromatic carbocycles. The van der Waals surface area contributed by atoms with Crippen molar-refractivity contribution in [1.82, 2.24) is 0 Å². The fraction of sp³-hybridized carbons (Fsp3) is 0.227. The topological polar surface area (TPSA) is 71.4 Å². The third-order valence-corrected chi connectivity index (χ3v) is 7.50. The highest BCUT2D eigenvalue weighted by Gasteiger charge is 2.40. The summed E-state index contributed by atoms with van der Waals surface area (Å²) in [5.74, 6) is -1.76. The first-order chi connectivity index (χ1) is 12.8. The zero-order chi connectivity index (χ0) is 19.5. The Kier molecular flexibility index (Phi) is 5.33. The first kappa shape index (κ1) is 19.1. The van der Waals surface area contributed by atoms with Gasteiger partial charge in [-0.15, -0.1) is 0 Å². The van der Waals surface area contributed by atoms with E-state index < -0.39 is 26.3 Å². The van der Waals surface area contributed by atoms with Gasteiger partial charge in [-0.05, 0) is 31.0 Å². The molecule has 0 fully saturated rings. The van der Waals surface area contributed by atoms with Gasteiger partial charge in [-0.25, -0.2) is 8.42 Å². The zero-order valence-electron chi connectivity index (χ0n) is 15.1. The van der Waals surface area contributed by atoms with E-state index in [1.807, 2.05) is 18.2 Å². The Morgan fingerprint density at radius 2 is 1.74 bits per heavy atom. The van der Waals surface area contributed by atoms with Crippen LogP contribution in [0.15, 0.2) is 78.9 Å². The van der Waals surface area contributed by atoms with E-state index in [1.54, 1.807) is 55.5 Å². The maximum Gasteiger partial charge on any atom is 0.175 e. The molecule has 140 valence electrons. The summed E-state index contributed by atoms with van der Waals surface area (Å²) in [7, 11) is -3.64. The largest absolute Gasteiger partial charge is 0.507 e. The SMILES string of the molecule is CC1(S(=O)(=O)CC(C(=O)c2ccccc2O)c2ccccc2)C=CC=CC1. The molecule has 2 unspecified atom stereocenters. The van der Waals surface area contributed by atoms with E-state index in [0.717, 1.165) is 0 Å². The van der Waals surface area contributed by atoms with Gasteiger partial charge < -0.3 is 5.11 Å². The number of ketones is 1. The molecule has 2 aromatic rings. The number of carbonyl (C=O) groups excluding carboxylic acids is 1. The molecule has 2 atom stereocenters. The number of rotatable bonds is 6. The lowest BCUT2D eigenvalue weighted by molar-refractivity contribution is 0.0964. The van der Waals surface area contributed by atoms with Crippen LogP contribution in [-0.2, 0) is 9.84 Å². The average molecular weight is 382 g/mol. The van der Waals surface area contributed by atoms with Crippen molar-refractivity contribution in [3.05, 3.63) is 90.0 Å². The molecule has 27 heavy (non-hydrogen) atoms. The summed E-state index contributed by atoms with van der Waals surface area (Å²) in [6.07, 6.45) is 7.41. The van der Waals surface area contributed by atoms with Crippen molar-refractivity contribution >= 4 is 15.6 Å². The Hall–Kier alpha value is -2.66. The molecule has 0 bridgehead atoms. The number of hydrogen-bond acceptors (Lipinski definition) is 4. The predicted molar refractivity (Wildman–Crippen MR) is 107 cm³/mol. The Bertz CT molecular complexity index is 990. The molecule has 4 nitrogen and oxygen atoms in total. The molecule has 0 heterocycles. The van der Waals surface area contributed by atoms with Crippen LogP contribution in [0.25, 0.3) is 0 Å². The molecule has 3 rings (SSSR count). The minimum absolute atomic E-state index is 0.130. The molecule has 0 amide bonds. The number of carbonyl (C=O) groups is 1. The van der Waals surface area contributed by atoms with E-state index in [9.17, 15) is 18.3 Å². The molecule has 5 heteroatoms. The van der Waals surface area contributed by atoms with Gasteiger partial charge in [0.15, 0.2) is 15.6 Å². The van der Waals surface area contributed by atoms with E-state index in [0.29, 0.717) is 12.0 Å². The smallest absolute Gasteiger partial charge is 0.175 e. The summed E-state index contributed by atoms with van der Waals surface area (Å²) in [5, 5.41) is 10.1. The second-order valence-electron chi connectivity index (χ2n) is 6.93. The quantitative estimate of drug-likeness (QED) is 0.765. The lowest BCUT2D eigenvalue weighted by Crippen LogP contribution is -2.38. The number of sulfone groups is 1. The van der Waals surface area contributed by atoms with Crippen molar-refractivity contribution in [1.29, 1.82) is 0 Å². The van der Waals surface area contributed by atoms with Gasteiger partial charge in [0.25, 0.3) is 0 Å². The van der Waals surface area contributed by atoms with Gasteiger partial charge in [0.05, 0.1) is 22.0 Å². The summed E-state index contributed by atoms with van der Waals surface area (Å²) in [5.41, 5.74) is 0.749. The van der Waals surface area contributed by atoms with E-state index in [4.69, 9.17) is 0 Å². The van der Waals surface area contributed by atoms with E-state index in [2.05, 4.69) is 0 Å². The molecule has 0 aromatic heterocycles. The van der Waals surface area contributed by atoms with Crippen LogP contribution < -0.4 is 0 Å². The summed E-state index contributed by atoms with van der Waals surface area (Å²) in [4.78, 5) is 13.2. The standard InChI is InChI=1S/C22H22O4S/c1-22(14-8-3-9-15-22)27(25,26)16-19(17-10-4-2-5-11-17)21(24)18-12-6-7-13-20(18)23/h2-14,19,23H,15-16H2,1H3. The maximum atomic E-state index is 13.2. The molecule has 1 N–H and O–H groups in total. The van der Waals surface area contributed by atoms with Crippen molar-refractivity contribution in [2.24, 2.45) is 0 Å². The molecule has 0 aliphatic heterocycles. The van der Waals surface area contributed by atoms with Crippen molar-refractivity contribution < 1.29 is 18.3 Å². The van der Waals surface area contributed by atoms with Gasteiger partial charge in [0.2, 0.25) is 0 Å². The number of phenols is 1. The van der Waals surface area contributed by atoms with Gasteiger partial charge in [-0.2, -0.15) is 0 Å². The number of phenolic OH excluding ortho intramolecular Hbond substituents is 1. The number of hydrogen-bond donors (Lipinski definition) is 1. The van der Waals surface area contributed by atoms with Crippen LogP contribution in [0.5, 0.6) is 5.75 Å². The Balaban J connectivity index is 2.01. The van der Waals surface area contributed by atoms with Crippen LogP contribution in [0.3, 0.4) is 0 Å². The van der Waals surface area contributed by atoms with Crippen LogP contribution in [-0.4, -0.2) is 29.8 Å². The fourth-order valence-electron chi connectivity index (χ4n) is 3.23. The van der Waals surface area contributed by atoms with Crippen molar-refractivity contribution in [2.75, 3.05) is 5.75 Å². The highest BCUT2D eigenvalue weighted by atomic mass is 32.2. The van der Waals surface area contributed by atoms with E-state index >= 15 is 0 Å². The fourth-order valence-corrected chi connectivity index (χ4v) is 5.03. The van der Waals surface area contributed by atoms with Crippen molar-refractivity contribution in [3.8, 4) is 5.75 Å². The number of Topliss-reactive ketones (excluding diaryl/α,β-unsaturated/α-hetero) is 1. The monoisotopic (exact) mass is 382 g/mol. The molecule has 0 radical (unpaired) electrons. The van der Waals surface area contributed by atoms with Crippen molar-refractivity contribution in [2.45, 2.75) is 24.0 Å². The van der Waals surface area contributed by atoms with E-state index in [-0.39, 0.29) is 17.1 Å². The second kappa shape index (κ2) is 7.53. The van der Waals surface area contributed by atoms with Gasteiger partial charge in [0, 0.05) is 0 Å². The zero-order valence-corrected chi connectivity index (χ0v) is 15.9. The Labute approximate surface area is 159 Å². The Morgan fingerprint density at radius 3 is 2.37 bits per heavy atom. The lowest BCUT2D eigenvalue weighted by atomic mass is 9.92. The predicted octanol–water partition coefficient (Wildman–Crippen LogP) is 4.05. The van der Waals surface area contributed by atoms with Crippen LogP contribution in [0, 0.1) is 0 Å². The number of aromatic hydroxyl groups is 1. The molecule has 0 saturated carbocycles. The molecule has 1 aliphatic rings. The first-order valence-corrected chi connectivity index (χ1v) is 10.4. The minimum Gasteiger partial charge on any atom is -0.507 e. The number of benzene rings is 2. The lowest BCUT2D eigenvalue weighted by Gasteiger charge is -2.28. The third kappa shape index (κ3) is 3.88. The summed E-state index contributed by atoms with van der Waals surface area (Å²) >= 11 is 0.